The molecular weight excluding hydrogens is 358 g/mol. The van der Waals surface area contributed by atoms with Crippen molar-refractivity contribution in [2.75, 3.05) is 13.1 Å². The number of nitrogens with zero attached hydrogens (tertiary/aromatic N) is 1. The summed E-state index contributed by atoms with van der Waals surface area (Å²) in [4.78, 5) is 22.7. The molecule has 3 rings (SSSR count). The van der Waals surface area contributed by atoms with Gasteiger partial charge >= 0.3 is 5.69 Å². The minimum absolute atomic E-state index is 0.0870. The van der Waals surface area contributed by atoms with Crippen molar-refractivity contribution in [1.29, 1.82) is 0 Å². The Hall–Kier alpha value is -2.64. The standard InChI is InChI=1S/C18H18ClN3O4/c19-13-5-8-17(16(10-13)22(24)25)26-15-6-3-12(4-7-15)18(23)21-11-14-2-1-9-20-14/h3-8,10,14,20H,1-2,9,11H2,(H,21,23). The van der Waals surface area contributed by atoms with Gasteiger partial charge in [-0.3, -0.25) is 14.9 Å². The monoisotopic (exact) mass is 375 g/mol. The molecule has 1 fully saturated rings. The maximum absolute atomic E-state index is 12.2. The zero-order valence-corrected chi connectivity index (χ0v) is 14.7. The zero-order chi connectivity index (χ0) is 18.5. The maximum Gasteiger partial charge on any atom is 0.313 e. The summed E-state index contributed by atoms with van der Waals surface area (Å²) in [6, 6.07) is 11.0. The second-order valence-corrected chi connectivity index (χ2v) is 6.44. The summed E-state index contributed by atoms with van der Waals surface area (Å²) in [5.41, 5.74) is 0.282. The number of ether oxygens (including phenoxy) is 1. The molecule has 1 heterocycles. The Kier molecular flexibility index (Phi) is 5.70. The number of halogens is 1. The largest absolute Gasteiger partial charge is 0.450 e. The predicted octanol–water partition coefficient (Wildman–Crippen LogP) is 3.52. The van der Waals surface area contributed by atoms with Crippen LogP contribution in [0, 0.1) is 10.1 Å². The van der Waals surface area contributed by atoms with E-state index in [-0.39, 0.29) is 22.4 Å². The van der Waals surface area contributed by atoms with Gasteiger partial charge in [0.2, 0.25) is 5.75 Å². The molecule has 1 saturated heterocycles. The fourth-order valence-electron chi connectivity index (χ4n) is 2.77. The highest BCUT2D eigenvalue weighted by atomic mass is 35.5. The molecule has 1 atom stereocenters. The molecule has 0 spiro atoms. The summed E-state index contributed by atoms with van der Waals surface area (Å²) in [5, 5.41) is 17.6. The number of nitro groups is 1. The minimum Gasteiger partial charge on any atom is -0.450 e. The normalized spacial score (nSPS) is 16.3. The third-order valence-corrected chi connectivity index (χ3v) is 4.37. The van der Waals surface area contributed by atoms with Crippen LogP contribution < -0.4 is 15.4 Å². The van der Waals surface area contributed by atoms with E-state index in [2.05, 4.69) is 10.6 Å². The van der Waals surface area contributed by atoms with E-state index in [4.69, 9.17) is 16.3 Å². The van der Waals surface area contributed by atoms with Crippen LogP contribution in [0.3, 0.4) is 0 Å². The highest BCUT2D eigenvalue weighted by Crippen LogP contribution is 2.33. The van der Waals surface area contributed by atoms with Crippen LogP contribution in [-0.4, -0.2) is 30.0 Å². The second-order valence-electron chi connectivity index (χ2n) is 6.00. The summed E-state index contributed by atoms with van der Waals surface area (Å²) in [7, 11) is 0. The summed E-state index contributed by atoms with van der Waals surface area (Å²) in [5.74, 6) is 0.316. The van der Waals surface area contributed by atoms with Crippen LogP contribution in [0.15, 0.2) is 42.5 Å². The van der Waals surface area contributed by atoms with Crippen molar-refractivity contribution in [2.45, 2.75) is 18.9 Å². The van der Waals surface area contributed by atoms with Gasteiger partial charge in [0.15, 0.2) is 0 Å². The van der Waals surface area contributed by atoms with Crippen molar-refractivity contribution >= 4 is 23.2 Å². The molecule has 2 aromatic rings. The summed E-state index contributed by atoms with van der Waals surface area (Å²) >= 11 is 5.79. The first-order valence-corrected chi connectivity index (χ1v) is 8.64. The quantitative estimate of drug-likeness (QED) is 0.595. The SMILES string of the molecule is O=C(NCC1CCCN1)c1ccc(Oc2ccc(Cl)cc2[N+](=O)[O-])cc1. The van der Waals surface area contributed by atoms with Crippen LogP contribution in [-0.2, 0) is 0 Å². The number of nitrogens with one attached hydrogen (secondary N) is 2. The van der Waals surface area contributed by atoms with Crippen LogP contribution in [0.25, 0.3) is 0 Å². The van der Waals surface area contributed by atoms with Gasteiger partial charge in [-0.05, 0) is 55.8 Å². The van der Waals surface area contributed by atoms with Crippen LogP contribution >= 0.6 is 11.6 Å². The number of carbonyl (C=O) groups excluding carboxylic acids is 1. The Bertz CT molecular complexity index is 805. The average Bonchev–Trinajstić information content (AvgIpc) is 3.15. The van der Waals surface area contributed by atoms with Gasteiger partial charge < -0.3 is 15.4 Å². The lowest BCUT2D eigenvalue weighted by molar-refractivity contribution is -0.385. The van der Waals surface area contributed by atoms with Crippen LogP contribution in [0.1, 0.15) is 23.2 Å². The Morgan fingerprint density at radius 3 is 2.73 bits per heavy atom. The van der Waals surface area contributed by atoms with E-state index in [1.165, 1.54) is 18.2 Å². The third-order valence-electron chi connectivity index (χ3n) is 4.13. The molecule has 0 aliphatic carbocycles. The number of nitro benzene ring substituents is 1. The molecule has 26 heavy (non-hydrogen) atoms. The van der Waals surface area contributed by atoms with E-state index in [0.29, 0.717) is 23.9 Å². The minimum atomic E-state index is -0.555. The molecule has 8 heteroatoms. The van der Waals surface area contributed by atoms with Crippen molar-refractivity contribution in [2.24, 2.45) is 0 Å². The molecule has 136 valence electrons. The van der Waals surface area contributed by atoms with Gasteiger partial charge in [0.05, 0.1) is 4.92 Å². The Morgan fingerprint density at radius 2 is 2.08 bits per heavy atom. The molecule has 0 saturated carbocycles. The van der Waals surface area contributed by atoms with E-state index in [0.717, 1.165) is 19.4 Å². The Morgan fingerprint density at radius 1 is 1.31 bits per heavy atom. The van der Waals surface area contributed by atoms with E-state index >= 15 is 0 Å². The summed E-state index contributed by atoms with van der Waals surface area (Å²) in [6.45, 7) is 1.58. The van der Waals surface area contributed by atoms with Crippen LogP contribution in [0.2, 0.25) is 5.02 Å². The van der Waals surface area contributed by atoms with E-state index < -0.39 is 4.92 Å². The lowest BCUT2D eigenvalue weighted by atomic mass is 10.2. The first-order valence-electron chi connectivity index (χ1n) is 8.26. The van der Waals surface area contributed by atoms with Gasteiger partial charge in [-0.2, -0.15) is 0 Å². The average molecular weight is 376 g/mol. The van der Waals surface area contributed by atoms with Gasteiger partial charge in [-0.15, -0.1) is 0 Å². The first kappa shape index (κ1) is 18.2. The number of hydrogen-bond donors (Lipinski definition) is 2. The van der Waals surface area contributed by atoms with Crippen molar-refractivity contribution in [3.8, 4) is 11.5 Å². The molecule has 2 aromatic carbocycles. The molecule has 1 aliphatic heterocycles. The van der Waals surface area contributed by atoms with Crippen molar-refractivity contribution in [3.05, 3.63) is 63.2 Å². The van der Waals surface area contributed by atoms with Gasteiger partial charge in [0.1, 0.15) is 5.75 Å². The lowest BCUT2D eigenvalue weighted by Crippen LogP contribution is -2.37. The first-order chi connectivity index (χ1) is 12.5. The van der Waals surface area contributed by atoms with Crippen molar-refractivity contribution < 1.29 is 14.5 Å². The highest BCUT2D eigenvalue weighted by Gasteiger charge is 2.17. The Labute approximate surface area is 155 Å². The number of benzene rings is 2. The lowest BCUT2D eigenvalue weighted by Gasteiger charge is -2.12. The van der Waals surface area contributed by atoms with Gasteiger partial charge in [-0.25, -0.2) is 0 Å². The fourth-order valence-corrected chi connectivity index (χ4v) is 2.94. The van der Waals surface area contributed by atoms with Crippen molar-refractivity contribution in [1.82, 2.24) is 10.6 Å². The highest BCUT2D eigenvalue weighted by molar-refractivity contribution is 6.30. The molecule has 0 bridgehead atoms. The number of carbonyl (C=O) groups is 1. The molecule has 1 aliphatic rings. The van der Waals surface area contributed by atoms with Crippen molar-refractivity contribution in [3.63, 3.8) is 0 Å². The maximum atomic E-state index is 12.2. The fraction of sp³-hybridized carbons (Fsp3) is 0.278. The van der Waals surface area contributed by atoms with Crippen LogP contribution in [0.4, 0.5) is 5.69 Å². The van der Waals surface area contributed by atoms with Gasteiger partial charge in [-0.1, -0.05) is 11.6 Å². The second kappa shape index (κ2) is 8.16. The topological polar surface area (TPSA) is 93.5 Å². The summed E-state index contributed by atoms with van der Waals surface area (Å²) in [6.07, 6.45) is 2.19. The number of rotatable bonds is 6. The molecule has 0 aromatic heterocycles. The van der Waals surface area contributed by atoms with E-state index in [9.17, 15) is 14.9 Å². The van der Waals surface area contributed by atoms with Gasteiger partial charge in [0.25, 0.3) is 5.91 Å². The van der Waals surface area contributed by atoms with Crippen LogP contribution in [0.5, 0.6) is 11.5 Å². The Balaban J connectivity index is 1.64. The number of amides is 1. The van der Waals surface area contributed by atoms with E-state index in [1.807, 2.05) is 0 Å². The molecule has 1 unspecified atom stereocenters. The summed E-state index contributed by atoms with van der Waals surface area (Å²) < 4.78 is 5.56. The predicted molar refractivity (Wildman–Crippen MR) is 98.0 cm³/mol. The molecule has 1 amide bonds. The van der Waals surface area contributed by atoms with E-state index in [1.54, 1.807) is 24.3 Å². The molecule has 7 nitrogen and oxygen atoms in total. The smallest absolute Gasteiger partial charge is 0.313 e. The third kappa shape index (κ3) is 4.50. The number of hydrogen-bond acceptors (Lipinski definition) is 5. The zero-order valence-electron chi connectivity index (χ0n) is 13.9. The molecule has 2 N–H and O–H groups in total. The van der Waals surface area contributed by atoms with Gasteiger partial charge in [0, 0.05) is 29.2 Å². The molecule has 0 radical (unpaired) electrons. The molecular formula is C18H18ClN3O4.